The van der Waals surface area contributed by atoms with Gasteiger partial charge in [0.2, 0.25) is 0 Å². The van der Waals surface area contributed by atoms with E-state index < -0.39 is 17.5 Å². The topological polar surface area (TPSA) is 89.7 Å². The molecule has 0 atom stereocenters. The number of rotatable bonds is 9. The molecule has 0 heterocycles. The number of nitro benzene ring substituents is 1. The first-order chi connectivity index (χ1) is 13.9. The van der Waals surface area contributed by atoms with Gasteiger partial charge >= 0.3 is 5.97 Å². The summed E-state index contributed by atoms with van der Waals surface area (Å²) >= 11 is 1.16. The molecule has 1 saturated carbocycles. The molecule has 2 aromatic rings. The third-order valence-corrected chi connectivity index (χ3v) is 5.35. The maximum atomic E-state index is 13.9. The van der Waals surface area contributed by atoms with Gasteiger partial charge in [-0.3, -0.25) is 19.7 Å². The van der Waals surface area contributed by atoms with E-state index in [0.717, 1.165) is 24.6 Å². The van der Waals surface area contributed by atoms with Gasteiger partial charge in [0.05, 0.1) is 10.7 Å². The molecule has 7 nitrogen and oxygen atoms in total. The summed E-state index contributed by atoms with van der Waals surface area (Å²) in [4.78, 5) is 36.8. The van der Waals surface area contributed by atoms with Gasteiger partial charge < -0.3 is 9.64 Å². The molecule has 2 aromatic carbocycles. The third-order valence-electron chi connectivity index (χ3n) is 4.37. The summed E-state index contributed by atoms with van der Waals surface area (Å²) < 4.78 is 18.9. The van der Waals surface area contributed by atoms with Crippen molar-refractivity contribution in [3.63, 3.8) is 0 Å². The predicted octanol–water partition coefficient (Wildman–Crippen LogP) is 3.56. The fourth-order valence-electron chi connectivity index (χ4n) is 2.69. The fourth-order valence-corrected chi connectivity index (χ4v) is 3.39. The number of hydrogen-bond acceptors (Lipinski definition) is 6. The molecule has 1 aliphatic carbocycles. The highest BCUT2D eigenvalue weighted by Gasteiger charge is 2.33. The first-order valence-electron chi connectivity index (χ1n) is 9.00. The Morgan fingerprint density at radius 2 is 1.86 bits per heavy atom. The van der Waals surface area contributed by atoms with Crippen LogP contribution in [0.25, 0.3) is 0 Å². The Kier molecular flexibility index (Phi) is 6.82. The number of halogens is 1. The minimum Gasteiger partial charge on any atom is -0.455 e. The zero-order valence-corrected chi connectivity index (χ0v) is 16.3. The van der Waals surface area contributed by atoms with E-state index in [1.54, 1.807) is 35.2 Å². The van der Waals surface area contributed by atoms with Crippen LogP contribution in [0.5, 0.6) is 0 Å². The lowest BCUT2D eigenvalue weighted by atomic mass is 10.2. The summed E-state index contributed by atoms with van der Waals surface area (Å²) in [6, 6.07) is 12.1. The van der Waals surface area contributed by atoms with Gasteiger partial charge in [0.15, 0.2) is 6.61 Å². The normalized spacial score (nSPS) is 13.0. The number of benzene rings is 2. The predicted molar refractivity (Wildman–Crippen MR) is 105 cm³/mol. The smallest absolute Gasteiger partial charge is 0.316 e. The standard InChI is InChI=1S/C20H19FN2O5S/c21-18-4-2-1-3-14(18)11-22(15-5-6-15)19(24)12-28-20(25)13-29-17-9-7-16(8-10-17)23(26)27/h1-4,7-10,15H,5-6,11-13H2. The van der Waals surface area contributed by atoms with Crippen LogP contribution < -0.4 is 0 Å². The molecule has 1 fully saturated rings. The monoisotopic (exact) mass is 418 g/mol. The van der Waals surface area contributed by atoms with Crippen molar-refractivity contribution in [3.8, 4) is 0 Å². The molecule has 1 amide bonds. The Balaban J connectivity index is 1.47. The Hall–Kier alpha value is -2.94. The maximum Gasteiger partial charge on any atom is 0.316 e. The van der Waals surface area contributed by atoms with Gasteiger partial charge in [-0.2, -0.15) is 0 Å². The van der Waals surface area contributed by atoms with Crippen molar-refractivity contribution >= 4 is 29.3 Å². The van der Waals surface area contributed by atoms with Crippen LogP contribution in [-0.2, 0) is 20.9 Å². The van der Waals surface area contributed by atoms with Crippen LogP contribution in [0.2, 0.25) is 0 Å². The van der Waals surface area contributed by atoms with Gasteiger partial charge in [0, 0.05) is 35.2 Å². The van der Waals surface area contributed by atoms with Gasteiger partial charge in [-0.25, -0.2) is 4.39 Å². The van der Waals surface area contributed by atoms with E-state index >= 15 is 0 Å². The largest absolute Gasteiger partial charge is 0.455 e. The molecule has 0 N–H and O–H groups in total. The molecule has 0 aliphatic heterocycles. The Bertz CT molecular complexity index is 902. The van der Waals surface area contributed by atoms with Crippen molar-refractivity contribution in [2.24, 2.45) is 0 Å². The second-order valence-corrected chi connectivity index (χ2v) is 7.59. The SMILES string of the molecule is O=C(CSc1ccc([N+](=O)[O-])cc1)OCC(=O)N(Cc1ccccc1F)C1CC1. The number of amides is 1. The van der Waals surface area contributed by atoms with Crippen LogP contribution >= 0.6 is 11.8 Å². The van der Waals surface area contributed by atoms with Gasteiger partial charge in [-0.1, -0.05) is 18.2 Å². The van der Waals surface area contributed by atoms with Crippen molar-refractivity contribution in [2.75, 3.05) is 12.4 Å². The van der Waals surface area contributed by atoms with Crippen molar-refractivity contribution in [3.05, 3.63) is 70.0 Å². The molecule has 0 radical (unpaired) electrons. The minimum absolute atomic E-state index is 0.0260. The molecule has 152 valence electrons. The first-order valence-corrected chi connectivity index (χ1v) is 9.98. The molecule has 9 heteroatoms. The molecule has 0 saturated heterocycles. The molecule has 1 aliphatic rings. The van der Waals surface area contributed by atoms with Gasteiger partial charge in [-0.05, 0) is 31.0 Å². The average Bonchev–Trinajstić information content (AvgIpc) is 3.55. The number of ether oxygens (including phenoxy) is 1. The summed E-state index contributed by atoms with van der Waals surface area (Å²) in [6.45, 7) is -0.254. The molecule has 0 bridgehead atoms. The third kappa shape index (κ3) is 6.02. The number of nitrogens with zero attached hydrogens (tertiary/aromatic N) is 2. The Morgan fingerprint density at radius 3 is 2.48 bits per heavy atom. The first kappa shape index (κ1) is 20.8. The number of non-ortho nitro benzene ring substituents is 1. The summed E-state index contributed by atoms with van der Waals surface area (Å²) in [7, 11) is 0. The summed E-state index contributed by atoms with van der Waals surface area (Å²) in [6.07, 6.45) is 1.70. The van der Waals surface area contributed by atoms with E-state index in [1.165, 1.54) is 18.2 Å². The number of carbonyl (C=O) groups excluding carboxylic acids is 2. The zero-order valence-electron chi connectivity index (χ0n) is 15.5. The van der Waals surface area contributed by atoms with Gasteiger partial charge in [0.25, 0.3) is 11.6 Å². The number of carbonyl (C=O) groups is 2. The highest BCUT2D eigenvalue weighted by molar-refractivity contribution is 8.00. The van der Waals surface area contributed by atoms with E-state index in [1.807, 2.05) is 0 Å². The second kappa shape index (κ2) is 9.51. The highest BCUT2D eigenvalue weighted by Crippen LogP contribution is 2.29. The number of esters is 1. The van der Waals surface area contributed by atoms with E-state index in [4.69, 9.17) is 4.74 Å². The van der Waals surface area contributed by atoms with E-state index in [-0.39, 0.29) is 35.8 Å². The average molecular weight is 418 g/mol. The number of thioether (sulfide) groups is 1. The van der Waals surface area contributed by atoms with Crippen LogP contribution in [0.4, 0.5) is 10.1 Å². The minimum atomic E-state index is -0.566. The molecule has 29 heavy (non-hydrogen) atoms. The second-order valence-electron chi connectivity index (χ2n) is 6.54. The lowest BCUT2D eigenvalue weighted by molar-refractivity contribution is -0.384. The van der Waals surface area contributed by atoms with Gasteiger partial charge in [0.1, 0.15) is 5.82 Å². The van der Waals surface area contributed by atoms with Crippen molar-refractivity contribution in [1.29, 1.82) is 0 Å². The molecule has 3 rings (SSSR count). The van der Waals surface area contributed by atoms with E-state index in [9.17, 15) is 24.1 Å². The van der Waals surface area contributed by atoms with Crippen LogP contribution in [0.1, 0.15) is 18.4 Å². The van der Waals surface area contributed by atoms with E-state index in [2.05, 4.69) is 0 Å². The quantitative estimate of drug-likeness (QED) is 0.268. The Labute approximate surface area is 171 Å². The Morgan fingerprint density at radius 1 is 1.17 bits per heavy atom. The lowest BCUT2D eigenvalue weighted by Crippen LogP contribution is -2.36. The van der Waals surface area contributed by atoms with E-state index in [0.29, 0.717) is 10.5 Å². The molecule has 0 aromatic heterocycles. The maximum absolute atomic E-state index is 13.9. The van der Waals surface area contributed by atoms with Crippen LogP contribution in [0, 0.1) is 15.9 Å². The van der Waals surface area contributed by atoms with Crippen molar-refractivity contribution in [1.82, 2.24) is 4.90 Å². The molecule has 0 unspecified atom stereocenters. The van der Waals surface area contributed by atoms with Crippen LogP contribution in [0.3, 0.4) is 0 Å². The van der Waals surface area contributed by atoms with Crippen LogP contribution in [0.15, 0.2) is 53.4 Å². The van der Waals surface area contributed by atoms with Crippen molar-refractivity contribution in [2.45, 2.75) is 30.3 Å². The van der Waals surface area contributed by atoms with Crippen LogP contribution in [-0.4, -0.2) is 40.1 Å². The lowest BCUT2D eigenvalue weighted by Gasteiger charge is -2.22. The molecular weight excluding hydrogens is 399 g/mol. The fraction of sp³-hybridized carbons (Fsp3) is 0.300. The number of nitro groups is 1. The summed E-state index contributed by atoms with van der Waals surface area (Å²) in [5.74, 6) is -1.32. The zero-order chi connectivity index (χ0) is 20.8. The summed E-state index contributed by atoms with van der Waals surface area (Å²) in [5, 5.41) is 10.6. The van der Waals surface area contributed by atoms with Crippen molar-refractivity contribution < 1.29 is 23.6 Å². The molecular formula is C20H19FN2O5S. The molecule has 0 spiro atoms. The summed E-state index contributed by atoms with van der Waals surface area (Å²) in [5.41, 5.74) is 0.394. The highest BCUT2D eigenvalue weighted by atomic mass is 32.2. The number of hydrogen-bond donors (Lipinski definition) is 0. The van der Waals surface area contributed by atoms with Gasteiger partial charge in [-0.15, -0.1) is 11.8 Å².